The van der Waals surface area contributed by atoms with E-state index in [-0.39, 0.29) is 28.8 Å². The topological polar surface area (TPSA) is 78.8 Å². The van der Waals surface area contributed by atoms with Gasteiger partial charge >= 0.3 is 5.97 Å². The van der Waals surface area contributed by atoms with Crippen molar-refractivity contribution in [1.29, 1.82) is 0 Å². The Morgan fingerprint density at radius 2 is 1.86 bits per heavy atom. The minimum Gasteiger partial charge on any atom is -0.504 e. The molecule has 0 heterocycles. The molecule has 2 aromatic carbocycles. The van der Waals surface area contributed by atoms with Crippen LogP contribution in [-0.2, 0) is 4.74 Å². The lowest BCUT2D eigenvalue weighted by Gasteiger charge is -2.17. The normalized spacial score (nSPS) is 11.7. The summed E-state index contributed by atoms with van der Waals surface area (Å²) in [6.45, 7) is 1.91. The number of aromatic hydroxyl groups is 2. The van der Waals surface area contributed by atoms with Crippen molar-refractivity contribution < 1.29 is 19.7 Å². The molecule has 0 bridgehead atoms. The van der Waals surface area contributed by atoms with Crippen LogP contribution in [0.15, 0.2) is 42.5 Å². The first kappa shape index (κ1) is 14.7. The third-order valence-electron chi connectivity index (χ3n) is 3.18. The number of phenolic OH excluding ortho intramolecular Hbond substituents is 2. The van der Waals surface area contributed by atoms with Crippen LogP contribution in [0.2, 0.25) is 0 Å². The lowest BCUT2D eigenvalue weighted by Crippen LogP contribution is -2.08. The van der Waals surface area contributed by atoms with E-state index in [2.05, 4.69) is 10.1 Å². The Labute approximate surface area is 122 Å². The lowest BCUT2D eigenvalue weighted by atomic mass is 10.1. The van der Waals surface area contributed by atoms with Crippen LogP contribution in [0.5, 0.6) is 11.5 Å². The monoisotopic (exact) mass is 287 g/mol. The van der Waals surface area contributed by atoms with Crippen LogP contribution < -0.4 is 5.32 Å². The minimum absolute atomic E-state index is 0.107. The molecule has 0 aliphatic heterocycles. The maximum absolute atomic E-state index is 11.5. The number of methoxy groups -OCH3 is 1. The Morgan fingerprint density at radius 3 is 2.48 bits per heavy atom. The number of esters is 1. The van der Waals surface area contributed by atoms with Crippen LogP contribution in [0.25, 0.3) is 0 Å². The van der Waals surface area contributed by atoms with Crippen LogP contribution in [0.4, 0.5) is 5.69 Å². The first-order valence-corrected chi connectivity index (χ1v) is 6.48. The zero-order chi connectivity index (χ0) is 15.4. The van der Waals surface area contributed by atoms with Gasteiger partial charge in [-0.15, -0.1) is 0 Å². The molecule has 1 atom stereocenters. The van der Waals surface area contributed by atoms with E-state index in [4.69, 9.17) is 0 Å². The van der Waals surface area contributed by atoms with Crippen LogP contribution >= 0.6 is 0 Å². The molecule has 0 aromatic heterocycles. The average molecular weight is 287 g/mol. The number of nitrogens with one attached hydrogen (secondary N) is 1. The summed E-state index contributed by atoms with van der Waals surface area (Å²) in [6, 6.07) is 12.1. The number of hydrogen-bond donors (Lipinski definition) is 3. The van der Waals surface area contributed by atoms with Crippen molar-refractivity contribution in [3.05, 3.63) is 53.6 Å². The summed E-state index contributed by atoms with van der Waals surface area (Å²) in [6.07, 6.45) is 0. The fraction of sp³-hybridized carbons (Fsp3) is 0.188. The maximum Gasteiger partial charge on any atom is 0.338 e. The molecule has 2 aromatic rings. The van der Waals surface area contributed by atoms with E-state index < -0.39 is 5.97 Å². The van der Waals surface area contributed by atoms with Gasteiger partial charge in [0.1, 0.15) is 0 Å². The largest absolute Gasteiger partial charge is 0.504 e. The minimum atomic E-state index is -0.583. The van der Waals surface area contributed by atoms with Crippen LogP contribution in [0.1, 0.15) is 28.9 Å². The summed E-state index contributed by atoms with van der Waals surface area (Å²) in [5.41, 5.74) is 1.45. The zero-order valence-electron chi connectivity index (χ0n) is 11.8. The standard InChI is InChI=1S/C16H17NO4/c1-10(11-6-4-3-5-7-11)17-13-8-12(16(20)21-2)9-14(18)15(13)19/h3-10,17-19H,1-2H3/t10-/m1/s1. The Hall–Kier alpha value is -2.69. The molecule has 0 amide bonds. The van der Waals surface area contributed by atoms with Gasteiger partial charge in [0.05, 0.1) is 18.4 Å². The molecule has 0 spiro atoms. The number of rotatable bonds is 4. The molecule has 21 heavy (non-hydrogen) atoms. The highest BCUT2D eigenvalue weighted by Crippen LogP contribution is 2.36. The average Bonchev–Trinajstić information content (AvgIpc) is 2.51. The van der Waals surface area contributed by atoms with E-state index >= 15 is 0 Å². The number of ether oxygens (including phenoxy) is 1. The summed E-state index contributed by atoms with van der Waals surface area (Å²) in [5, 5.41) is 22.7. The molecule has 0 unspecified atom stereocenters. The number of anilines is 1. The third-order valence-corrected chi connectivity index (χ3v) is 3.18. The van der Waals surface area contributed by atoms with Gasteiger partial charge in [0.15, 0.2) is 11.5 Å². The molecule has 2 rings (SSSR count). The van der Waals surface area contributed by atoms with Gasteiger partial charge in [0.2, 0.25) is 0 Å². The highest BCUT2D eigenvalue weighted by molar-refractivity contribution is 5.92. The second-order valence-corrected chi connectivity index (χ2v) is 4.66. The van der Waals surface area contributed by atoms with E-state index in [1.807, 2.05) is 37.3 Å². The van der Waals surface area contributed by atoms with Crippen molar-refractivity contribution in [3.63, 3.8) is 0 Å². The number of carbonyl (C=O) groups excluding carboxylic acids is 1. The molecule has 0 aliphatic carbocycles. The van der Waals surface area contributed by atoms with Crippen LogP contribution in [0, 0.1) is 0 Å². The molecule has 0 aliphatic rings. The van der Waals surface area contributed by atoms with E-state index in [0.717, 1.165) is 5.56 Å². The van der Waals surface area contributed by atoms with Gasteiger partial charge in [-0.3, -0.25) is 0 Å². The number of benzene rings is 2. The maximum atomic E-state index is 11.5. The van der Waals surface area contributed by atoms with E-state index in [0.29, 0.717) is 0 Å². The molecule has 0 radical (unpaired) electrons. The van der Waals surface area contributed by atoms with Gasteiger partial charge in [-0.25, -0.2) is 4.79 Å². The molecule has 110 valence electrons. The Kier molecular flexibility index (Phi) is 4.33. The zero-order valence-corrected chi connectivity index (χ0v) is 11.8. The molecular weight excluding hydrogens is 270 g/mol. The van der Waals surface area contributed by atoms with Crippen molar-refractivity contribution in [2.24, 2.45) is 0 Å². The molecule has 0 fully saturated rings. The van der Waals surface area contributed by atoms with Gasteiger partial charge in [0, 0.05) is 6.04 Å². The fourth-order valence-electron chi connectivity index (χ4n) is 2.02. The van der Waals surface area contributed by atoms with E-state index in [1.54, 1.807) is 0 Å². The van der Waals surface area contributed by atoms with Crippen molar-refractivity contribution in [2.45, 2.75) is 13.0 Å². The van der Waals surface area contributed by atoms with Crippen molar-refractivity contribution in [2.75, 3.05) is 12.4 Å². The van der Waals surface area contributed by atoms with Gasteiger partial charge in [0.25, 0.3) is 0 Å². The summed E-state index contributed by atoms with van der Waals surface area (Å²) in [5.74, 6) is -1.26. The Balaban J connectivity index is 2.31. The van der Waals surface area contributed by atoms with E-state index in [1.165, 1.54) is 19.2 Å². The predicted octanol–water partition coefficient (Wildman–Crippen LogP) is 3.06. The van der Waals surface area contributed by atoms with Gasteiger partial charge < -0.3 is 20.3 Å². The lowest BCUT2D eigenvalue weighted by molar-refractivity contribution is 0.0600. The van der Waals surface area contributed by atoms with Crippen LogP contribution in [-0.4, -0.2) is 23.3 Å². The summed E-state index contributed by atoms with van der Waals surface area (Å²) >= 11 is 0. The number of carbonyl (C=O) groups is 1. The number of hydrogen-bond acceptors (Lipinski definition) is 5. The Bertz CT molecular complexity index is 640. The predicted molar refractivity (Wildman–Crippen MR) is 79.6 cm³/mol. The van der Waals surface area contributed by atoms with Crippen molar-refractivity contribution in [1.82, 2.24) is 0 Å². The highest BCUT2D eigenvalue weighted by atomic mass is 16.5. The van der Waals surface area contributed by atoms with E-state index in [9.17, 15) is 15.0 Å². The molecule has 0 saturated carbocycles. The van der Waals surface area contributed by atoms with Crippen LogP contribution in [0.3, 0.4) is 0 Å². The first-order chi connectivity index (χ1) is 10.0. The second-order valence-electron chi connectivity index (χ2n) is 4.66. The molecule has 5 nitrogen and oxygen atoms in total. The van der Waals surface area contributed by atoms with Crippen molar-refractivity contribution in [3.8, 4) is 11.5 Å². The SMILES string of the molecule is COC(=O)c1cc(O)c(O)c(N[C@H](C)c2ccccc2)c1. The summed E-state index contributed by atoms with van der Waals surface area (Å²) < 4.78 is 4.62. The molecule has 0 saturated heterocycles. The fourth-order valence-corrected chi connectivity index (χ4v) is 2.02. The van der Waals surface area contributed by atoms with Gasteiger partial charge in [-0.05, 0) is 24.6 Å². The van der Waals surface area contributed by atoms with Gasteiger partial charge in [-0.2, -0.15) is 0 Å². The first-order valence-electron chi connectivity index (χ1n) is 6.48. The molecular formula is C16H17NO4. The smallest absolute Gasteiger partial charge is 0.338 e. The quantitative estimate of drug-likeness (QED) is 0.595. The third kappa shape index (κ3) is 3.25. The second kappa shape index (κ2) is 6.17. The summed E-state index contributed by atoms with van der Waals surface area (Å²) in [4.78, 5) is 11.5. The highest BCUT2D eigenvalue weighted by Gasteiger charge is 2.16. The van der Waals surface area contributed by atoms with Crippen molar-refractivity contribution >= 4 is 11.7 Å². The number of phenols is 2. The summed E-state index contributed by atoms with van der Waals surface area (Å²) in [7, 11) is 1.26. The molecule has 5 heteroatoms. The van der Waals surface area contributed by atoms with Gasteiger partial charge in [-0.1, -0.05) is 30.3 Å². The molecule has 3 N–H and O–H groups in total. The Morgan fingerprint density at radius 1 is 1.19 bits per heavy atom.